The standard InChI is InChI=1S/CH3.5K/h1H3;;;;;/q-1;5*+1. The van der Waals surface area contributed by atoms with Gasteiger partial charge in [-0.1, -0.05) is 0 Å². The van der Waals surface area contributed by atoms with Crippen molar-refractivity contribution in [2.75, 3.05) is 0 Å². The first-order chi connectivity index (χ1) is 0. The summed E-state index contributed by atoms with van der Waals surface area (Å²) in [5.41, 5.74) is 0. The van der Waals surface area contributed by atoms with Crippen LogP contribution in [0.4, 0.5) is 0 Å². The van der Waals surface area contributed by atoms with Crippen LogP contribution in [0, 0.1) is 7.43 Å². The molecule has 0 aliphatic heterocycles. The molecule has 0 amide bonds. The first-order valence-electron chi connectivity index (χ1n) is 0. The van der Waals surface area contributed by atoms with Gasteiger partial charge in [0, 0.05) is 0 Å². The predicted octanol–water partition coefficient (Wildman–Crippen LogP) is -14.5. The van der Waals surface area contributed by atoms with Gasteiger partial charge in [-0.05, 0) is 0 Å². The maximum Gasteiger partial charge on any atom is 1.00 e. The van der Waals surface area contributed by atoms with Crippen molar-refractivity contribution in [3.8, 4) is 0 Å². The SMILES string of the molecule is [CH3-].[K+].[K+].[K+].[K+].[K+]. The van der Waals surface area contributed by atoms with Crippen molar-refractivity contribution in [3.05, 3.63) is 7.43 Å². The number of rotatable bonds is 0. The Morgan fingerprint density at radius 1 is 0.333 bits per heavy atom. The summed E-state index contributed by atoms with van der Waals surface area (Å²) in [4.78, 5) is 0. The molecule has 0 nitrogen and oxygen atoms in total. The Hall–Kier alpha value is 8.18. The molecule has 0 atom stereocenters. The zero-order valence-electron chi connectivity index (χ0n) is 6.00. The average Bonchev–Trinajstić information content (AvgIpc) is 0. The van der Waals surface area contributed by atoms with Crippen molar-refractivity contribution in [1.29, 1.82) is 0 Å². The normalized spacial score (nSPS) is 0. The molecule has 0 rings (SSSR count). The first-order valence-corrected chi connectivity index (χ1v) is 0. The topological polar surface area (TPSA) is 0 Å². The van der Waals surface area contributed by atoms with E-state index in [9.17, 15) is 0 Å². The maximum absolute atomic E-state index is 0. The number of hydrogen-bond donors (Lipinski definition) is 0. The fraction of sp³-hybridized carbons (Fsp3) is 0. The van der Waals surface area contributed by atoms with Crippen LogP contribution in [0.15, 0.2) is 0 Å². The van der Waals surface area contributed by atoms with Gasteiger partial charge in [-0.3, -0.25) is 0 Å². The molecule has 0 aliphatic rings. The van der Waals surface area contributed by atoms with Crippen LogP contribution in [-0.2, 0) is 0 Å². The van der Waals surface area contributed by atoms with E-state index in [0.717, 1.165) is 0 Å². The van der Waals surface area contributed by atoms with E-state index in [1.165, 1.54) is 0 Å². The maximum atomic E-state index is 0. The Morgan fingerprint density at radius 2 is 0.333 bits per heavy atom. The predicted molar refractivity (Wildman–Crippen MR) is 6.41 cm³/mol. The summed E-state index contributed by atoms with van der Waals surface area (Å²) >= 11 is 0. The first kappa shape index (κ1) is 36.8. The van der Waals surface area contributed by atoms with Crippen molar-refractivity contribution in [2.45, 2.75) is 0 Å². The molecule has 6 heavy (non-hydrogen) atoms. The summed E-state index contributed by atoms with van der Waals surface area (Å²) in [5.74, 6) is 0. The molecule has 0 aliphatic carbocycles. The van der Waals surface area contributed by atoms with Crippen LogP contribution < -0.4 is 257 Å². The van der Waals surface area contributed by atoms with Gasteiger partial charge in [0.15, 0.2) is 0 Å². The van der Waals surface area contributed by atoms with Gasteiger partial charge in [0.05, 0.1) is 0 Å². The van der Waals surface area contributed by atoms with E-state index in [0.29, 0.717) is 0 Å². The van der Waals surface area contributed by atoms with E-state index in [1.54, 1.807) is 0 Å². The molecule has 0 saturated heterocycles. The molecule has 0 aromatic carbocycles. The second kappa shape index (κ2) is 29.2. The molecule has 0 aromatic heterocycles. The Balaban J connectivity index is 0. The Kier molecular flexibility index (Phi) is 179. The molecule has 0 heterocycles. The molecule has 0 spiro atoms. The van der Waals surface area contributed by atoms with Crippen molar-refractivity contribution in [1.82, 2.24) is 0 Å². The molecule has 0 radical (unpaired) electrons. The minimum atomic E-state index is 0. The smallest absolute Gasteiger partial charge is 0.358 e. The fourth-order valence-corrected chi connectivity index (χ4v) is 0. The van der Waals surface area contributed by atoms with E-state index < -0.39 is 0 Å². The third-order valence-corrected chi connectivity index (χ3v) is 0. The molecule has 0 N–H and O–H groups in total. The van der Waals surface area contributed by atoms with Gasteiger partial charge in [0.25, 0.3) is 0 Å². The van der Waals surface area contributed by atoms with E-state index in [-0.39, 0.29) is 264 Å². The van der Waals surface area contributed by atoms with E-state index in [1.807, 2.05) is 0 Å². The van der Waals surface area contributed by atoms with Gasteiger partial charge in [0.2, 0.25) is 0 Å². The molecule has 0 fully saturated rings. The minimum Gasteiger partial charge on any atom is -0.358 e. The van der Waals surface area contributed by atoms with Gasteiger partial charge in [-0.2, -0.15) is 0 Å². The van der Waals surface area contributed by atoms with Crippen LogP contribution in [0.1, 0.15) is 0 Å². The Morgan fingerprint density at radius 3 is 0.333 bits per heavy atom. The molecular formula is CH3K5+4. The van der Waals surface area contributed by atoms with Crippen LogP contribution in [-0.4, -0.2) is 0 Å². The van der Waals surface area contributed by atoms with Crippen molar-refractivity contribution in [2.24, 2.45) is 0 Å². The molecule has 5 heteroatoms. The zero-order chi connectivity index (χ0) is 0. The summed E-state index contributed by atoms with van der Waals surface area (Å²) in [5, 5.41) is 0. The zero-order valence-corrected chi connectivity index (χ0v) is 21.6. The van der Waals surface area contributed by atoms with Gasteiger partial charge in [-0.25, -0.2) is 0 Å². The second-order valence-corrected chi connectivity index (χ2v) is 0. The Labute approximate surface area is 253 Å². The molecule has 0 bridgehead atoms. The molecule has 0 aromatic rings. The molecule has 0 unspecified atom stereocenters. The average molecular weight is 211 g/mol. The van der Waals surface area contributed by atoms with Crippen LogP contribution in [0.5, 0.6) is 0 Å². The van der Waals surface area contributed by atoms with Crippen LogP contribution >= 0.6 is 0 Å². The van der Waals surface area contributed by atoms with Crippen molar-refractivity contribution < 1.29 is 257 Å². The summed E-state index contributed by atoms with van der Waals surface area (Å²) in [6.07, 6.45) is 0. The van der Waals surface area contributed by atoms with Crippen LogP contribution in [0.2, 0.25) is 0 Å². The Bertz CT molecular complexity index is 3.90. The van der Waals surface area contributed by atoms with Gasteiger partial charge < -0.3 is 7.43 Å². The third kappa shape index (κ3) is 22.8. The largest absolute Gasteiger partial charge is 1.00 e. The summed E-state index contributed by atoms with van der Waals surface area (Å²) in [6.45, 7) is 0. The third-order valence-electron chi connectivity index (χ3n) is 0. The van der Waals surface area contributed by atoms with Crippen LogP contribution in [0.25, 0.3) is 0 Å². The van der Waals surface area contributed by atoms with Gasteiger partial charge in [-0.15, -0.1) is 0 Å². The van der Waals surface area contributed by atoms with Gasteiger partial charge >= 0.3 is 257 Å². The molecule has 0 saturated carbocycles. The monoisotopic (exact) mass is 210 g/mol. The quantitative estimate of drug-likeness (QED) is 0.275. The van der Waals surface area contributed by atoms with Crippen molar-refractivity contribution in [3.63, 3.8) is 0 Å². The van der Waals surface area contributed by atoms with E-state index >= 15 is 0 Å². The fourth-order valence-electron chi connectivity index (χ4n) is 0. The summed E-state index contributed by atoms with van der Waals surface area (Å²) in [6, 6.07) is 0. The van der Waals surface area contributed by atoms with Gasteiger partial charge in [0.1, 0.15) is 0 Å². The molecule has 8 valence electrons. The summed E-state index contributed by atoms with van der Waals surface area (Å²) in [7, 11) is 0. The van der Waals surface area contributed by atoms with E-state index in [4.69, 9.17) is 0 Å². The van der Waals surface area contributed by atoms with Crippen LogP contribution in [0.3, 0.4) is 0 Å². The van der Waals surface area contributed by atoms with E-state index in [2.05, 4.69) is 0 Å². The summed E-state index contributed by atoms with van der Waals surface area (Å²) < 4.78 is 0. The second-order valence-electron chi connectivity index (χ2n) is 0. The minimum absolute atomic E-state index is 0. The number of hydrogen-bond acceptors (Lipinski definition) is 0. The van der Waals surface area contributed by atoms with Crippen molar-refractivity contribution >= 4 is 0 Å². The molecular weight excluding hydrogens is 208 g/mol.